The molecule has 0 spiro atoms. The summed E-state index contributed by atoms with van der Waals surface area (Å²) in [7, 11) is -3.51. The van der Waals surface area contributed by atoms with Crippen molar-refractivity contribution in [3.63, 3.8) is 0 Å². The summed E-state index contributed by atoms with van der Waals surface area (Å²) < 4.78 is 25.1. The van der Waals surface area contributed by atoms with Crippen LogP contribution in [0.15, 0.2) is 16.3 Å². The number of nitrogens with one attached hydrogen (secondary N) is 1. The zero-order valence-corrected chi connectivity index (χ0v) is 13.5. The average Bonchev–Trinajstić information content (AvgIpc) is 2.84. The molecule has 0 bridgehead atoms. The van der Waals surface area contributed by atoms with Crippen molar-refractivity contribution in [3.05, 3.63) is 17.0 Å². The Morgan fingerprint density at radius 3 is 2.60 bits per heavy atom. The summed E-state index contributed by atoms with van der Waals surface area (Å²) in [5.74, 6) is 0. The molecule has 2 atom stereocenters. The highest BCUT2D eigenvalue weighted by Gasteiger charge is 2.29. The predicted octanol–water partition coefficient (Wildman–Crippen LogP) is 1.74. The van der Waals surface area contributed by atoms with Gasteiger partial charge in [-0.15, -0.1) is 16.2 Å². The molecule has 1 saturated heterocycles. The Hall–Kier alpha value is -0.470. The lowest BCUT2D eigenvalue weighted by molar-refractivity contribution is 0.0791. The van der Waals surface area contributed by atoms with Crippen molar-refractivity contribution in [1.82, 2.24) is 9.84 Å². The van der Waals surface area contributed by atoms with Crippen LogP contribution in [0.4, 0.5) is 0 Å². The smallest absolute Gasteiger partial charge is 0.262 e. The minimum atomic E-state index is -3.51. The normalized spacial score (nSPS) is 24.9. The highest BCUT2D eigenvalue weighted by Crippen LogP contribution is 2.25. The van der Waals surface area contributed by atoms with Gasteiger partial charge in [-0.25, -0.2) is 13.4 Å². The van der Waals surface area contributed by atoms with Crippen molar-refractivity contribution in [2.24, 2.45) is 0 Å². The lowest BCUT2D eigenvalue weighted by Gasteiger charge is -2.38. The van der Waals surface area contributed by atoms with Gasteiger partial charge in [0.2, 0.25) is 0 Å². The summed E-state index contributed by atoms with van der Waals surface area (Å²) in [5.41, 5.74) is 0. The second-order valence-electron chi connectivity index (χ2n) is 5.33. The van der Waals surface area contributed by atoms with E-state index < -0.39 is 10.0 Å². The number of hydrogen-bond acceptors (Lipinski definition) is 5. The van der Waals surface area contributed by atoms with Gasteiger partial charge in [-0.1, -0.05) is 6.42 Å². The molecule has 1 aromatic rings. The van der Waals surface area contributed by atoms with Crippen molar-refractivity contribution >= 4 is 21.4 Å². The lowest BCUT2D eigenvalue weighted by Crippen LogP contribution is -2.53. The highest BCUT2D eigenvalue weighted by molar-refractivity contribution is 7.91. The number of sulfonamides is 1. The molecule has 1 aliphatic rings. The van der Waals surface area contributed by atoms with Crippen LogP contribution in [0.3, 0.4) is 0 Å². The van der Waals surface area contributed by atoms with Gasteiger partial charge in [-0.2, -0.15) is 0 Å². The number of aliphatic hydroxyl groups is 1. The second-order valence-corrected chi connectivity index (χ2v) is 8.38. The maximum Gasteiger partial charge on any atom is 0.262 e. The van der Waals surface area contributed by atoms with Crippen LogP contribution in [-0.2, 0) is 16.4 Å². The van der Waals surface area contributed by atoms with E-state index in [1.54, 1.807) is 12.1 Å². The molecule has 2 heterocycles. The number of hydrogen-bond donors (Lipinski definition) is 2. The molecule has 1 aromatic heterocycles. The molecule has 2 rings (SSSR count). The van der Waals surface area contributed by atoms with Crippen LogP contribution in [-0.4, -0.2) is 37.2 Å². The average molecular weight is 318 g/mol. The standard InChI is InChI=1S/C13H22N2O3S2/c1-10-4-3-5-11(2)15(10)14-20(17,18)13-7-6-12(19-13)8-9-16/h6-7,10-11,14,16H,3-5,8-9H2,1-2H3. The molecule has 2 unspecified atom stereocenters. The van der Waals surface area contributed by atoms with E-state index in [1.807, 2.05) is 18.9 Å². The zero-order valence-electron chi connectivity index (χ0n) is 11.9. The van der Waals surface area contributed by atoms with Gasteiger partial charge >= 0.3 is 0 Å². The van der Waals surface area contributed by atoms with Crippen LogP contribution < -0.4 is 4.83 Å². The van der Waals surface area contributed by atoms with Crippen LogP contribution in [0, 0.1) is 0 Å². The van der Waals surface area contributed by atoms with Crippen LogP contribution in [0.25, 0.3) is 0 Å². The minimum absolute atomic E-state index is 0.0353. The Morgan fingerprint density at radius 1 is 1.35 bits per heavy atom. The third-order valence-electron chi connectivity index (χ3n) is 3.68. The Balaban J connectivity index is 2.13. The van der Waals surface area contributed by atoms with E-state index >= 15 is 0 Å². The number of rotatable bonds is 5. The first kappa shape index (κ1) is 15.9. The predicted molar refractivity (Wildman–Crippen MR) is 80.0 cm³/mol. The Morgan fingerprint density at radius 2 is 2.00 bits per heavy atom. The third-order valence-corrected chi connectivity index (χ3v) is 6.64. The first-order chi connectivity index (χ1) is 9.44. The molecule has 114 valence electrons. The van der Waals surface area contributed by atoms with Gasteiger partial charge in [0, 0.05) is 30.0 Å². The van der Waals surface area contributed by atoms with Gasteiger partial charge in [0.05, 0.1) is 0 Å². The Bertz CT molecular complexity index is 532. The molecule has 5 nitrogen and oxygen atoms in total. The third kappa shape index (κ3) is 3.59. The van der Waals surface area contributed by atoms with Crippen molar-refractivity contribution in [3.8, 4) is 0 Å². The molecule has 0 amide bonds. The van der Waals surface area contributed by atoms with Crippen molar-refractivity contribution in [1.29, 1.82) is 0 Å². The second kappa shape index (κ2) is 6.53. The van der Waals surface area contributed by atoms with Gasteiger partial charge < -0.3 is 5.11 Å². The monoisotopic (exact) mass is 318 g/mol. The number of aliphatic hydroxyl groups excluding tert-OH is 1. The summed E-state index contributed by atoms with van der Waals surface area (Å²) >= 11 is 1.22. The molecular formula is C13H22N2O3S2. The molecular weight excluding hydrogens is 296 g/mol. The first-order valence-electron chi connectivity index (χ1n) is 6.94. The summed E-state index contributed by atoms with van der Waals surface area (Å²) in [4.78, 5) is 3.60. The van der Waals surface area contributed by atoms with Gasteiger partial charge in [0.15, 0.2) is 0 Å². The Kier molecular flexibility index (Phi) is 5.19. The molecule has 1 aliphatic heterocycles. The van der Waals surface area contributed by atoms with E-state index in [0.29, 0.717) is 10.6 Å². The van der Waals surface area contributed by atoms with Crippen LogP contribution in [0.2, 0.25) is 0 Å². The van der Waals surface area contributed by atoms with Gasteiger partial charge in [-0.05, 0) is 38.8 Å². The molecule has 0 aliphatic carbocycles. The molecule has 0 radical (unpaired) electrons. The zero-order chi connectivity index (χ0) is 14.8. The van der Waals surface area contributed by atoms with E-state index in [1.165, 1.54) is 11.3 Å². The van der Waals surface area contributed by atoms with E-state index in [9.17, 15) is 8.42 Å². The van der Waals surface area contributed by atoms with Crippen molar-refractivity contribution in [2.75, 3.05) is 6.61 Å². The summed E-state index contributed by atoms with van der Waals surface area (Å²) in [6, 6.07) is 3.80. The fraction of sp³-hybridized carbons (Fsp3) is 0.692. The minimum Gasteiger partial charge on any atom is -0.396 e. The summed E-state index contributed by atoms with van der Waals surface area (Å²) in [6.07, 6.45) is 3.65. The van der Waals surface area contributed by atoms with Crippen LogP contribution in [0.1, 0.15) is 38.0 Å². The molecule has 0 saturated carbocycles. The fourth-order valence-corrected chi connectivity index (χ4v) is 5.10. The molecule has 0 aromatic carbocycles. The van der Waals surface area contributed by atoms with Crippen LogP contribution >= 0.6 is 11.3 Å². The maximum absolute atomic E-state index is 12.4. The number of nitrogens with zero attached hydrogens (tertiary/aromatic N) is 1. The molecule has 2 N–H and O–H groups in total. The number of piperidine rings is 1. The topological polar surface area (TPSA) is 69.6 Å². The van der Waals surface area contributed by atoms with Crippen LogP contribution in [0.5, 0.6) is 0 Å². The number of thiophene rings is 1. The van der Waals surface area contributed by atoms with E-state index in [0.717, 1.165) is 24.1 Å². The first-order valence-corrected chi connectivity index (χ1v) is 9.24. The summed E-state index contributed by atoms with van der Waals surface area (Å²) in [6.45, 7) is 4.13. The molecule has 20 heavy (non-hydrogen) atoms. The van der Waals surface area contributed by atoms with Gasteiger partial charge in [0.25, 0.3) is 10.0 Å². The van der Waals surface area contributed by atoms with E-state index in [4.69, 9.17) is 5.11 Å². The van der Waals surface area contributed by atoms with Crippen molar-refractivity contribution < 1.29 is 13.5 Å². The lowest BCUT2D eigenvalue weighted by atomic mass is 10.0. The van der Waals surface area contributed by atoms with Crippen molar-refractivity contribution in [2.45, 2.75) is 55.8 Å². The maximum atomic E-state index is 12.4. The molecule has 7 heteroatoms. The van der Waals surface area contributed by atoms with E-state index in [2.05, 4.69) is 4.83 Å². The SMILES string of the molecule is CC1CCCC(C)N1NS(=O)(=O)c1ccc(CCO)s1. The highest BCUT2D eigenvalue weighted by atomic mass is 32.2. The fourth-order valence-electron chi connectivity index (χ4n) is 2.53. The Labute approximate surface area is 124 Å². The largest absolute Gasteiger partial charge is 0.396 e. The molecule has 1 fully saturated rings. The quantitative estimate of drug-likeness (QED) is 0.867. The van der Waals surface area contributed by atoms with Gasteiger partial charge in [0.1, 0.15) is 4.21 Å². The number of hydrazine groups is 1. The van der Waals surface area contributed by atoms with E-state index in [-0.39, 0.29) is 18.7 Å². The van der Waals surface area contributed by atoms with Gasteiger partial charge in [-0.3, -0.25) is 0 Å². The summed E-state index contributed by atoms with van der Waals surface area (Å²) in [5, 5.41) is 10.7.